The van der Waals surface area contributed by atoms with E-state index in [2.05, 4.69) is 6.92 Å². The average molecular weight is 311 g/mol. The molecule has 1 heterocycles. The Balaban J connectivity index is 1.86. The van der Waals surface area contributed by atoms with Gasteiger partial charge in [-0.05, 0) is 43.9 Å². The summed E-state index contributed by atoms with van der Waals surface area (Å²) in [6, 6.07) is 0. The van der Waals surface area contributed by atoms with Crippen molar-refractivity contribution in [2.24, 2.45) is 5.41 Å². The Bertz CT molecular complexity index is 338. The summed E-state index contributed by atoms with van der Waals surface area (Å²) in [5.41, 5.74) is 0.0305. The van der Waals surface area contributed by atoms with Gasteiger partial charge in [-0.3, -0.25) is 4.79 Å². The number of amides is 1. The van der Waals surface area contributed by atoms with E-state index in [4.69, 9.17) is 4.74 Å². The Hall–Kier alpha value is -0.610. The van der Waals surface area contributed by atoms with Crippen LogP contribution in [0.4, 0.5) is 0 Å². The molecule has 1 aliphatic carbocycles. The maximum Gasteiger partial charge on any atom is 0.251 e. The number of hydrogen-bond acceptors (Lipinski definition) is 3. The first-order valence-corrected chi connectivity index (χ1v) is 9.19. The van der Waals surface area contributed by atoms with Crippen LogP contribution in [-0.4, -0.2) is 47.8 Å². The van der Waals surface area contributed by atoms with Crippen molar-refractivity contribution in [2.45, 2.75) is 83.8 Å². The van der Waals surface area contributed by atoms with Crippen LogP contribution in [0, 0.1) is 5.41 Å². The van der Waals surface area contributed by atoms with Gasteiger partial charge in [-0.1, -0.05) is 33.1 Å². The lowest BCUT2D eigenvalue weighted by Crippen LogP contribution is -2.49. The van der Waals surface area contributed by atoms with Crippen molar-refractivity contribution in [1.82, 2.24) is 4.90 Å². The normalized spacial score (nSPS) is 24.2. The van der Waals surface area contributed by atoms with Crippen molar-refractivity contribution in [2.75, 3.05) is 19.7 Å². The van der Waals surface area contributed by atoms with Crippen LogP contribution in [0.5, 0.6) is 0 Å². The van der Waals surface area contributed by atoms with E-state index in [1.54, 1.807) is 0 Å². The number of aliphatic hydroxyl groups excluding tert-OH is 1. The highest BCUT2D eigenvalue weighted by molar-refractivity contribution is 5.81. The minimum Gasteiger partial charge on any atom is -0.396 e. The van der Waals surface area contributed by atoms with E-state index < -0.39 is 0 Å². The third-order valence-electron chi connectivity index (χ3n) is 5.78. The average Bonchev–Trinajstić information content (AvgIpc) is 2.60. The summed E-state index contributed by atoms with van der Waals surface area (Å²) in [6.45, 7) is 5.94. The van der Waals surface area contributed by atoms with Gasteiger partial charge in [-0.15, -0.1) is 0 Å². The van der Waals surface area contributed by atoms with Gasteiger partial charge in [-0.25, -0.2) is 0 Å². The monoisotopic (exact) mass is 311 g/mol. The van der Waals surface area contributed by atoms with Crippen LogP contribution in [0.1, 0.15) is 71.6 Å². The summed E-state index contributed by atoms with van der Waals surface area (Å²) >= 11 is 0. The summed E-state index contributed by atoms with van der Waals surface area (Å²) in [5.74, 6) is 0.163. The van der Waals surface area contributed by atoms with Gasteiger partial charge < -0.3 is 14.7 Å². The molecule has 2 aliphatic rings. The molecule has 1 amide bonds. The number of carbonyl (C=O) groups is 1. The summed E-state index contributed by atoms with van der Waals surface area (Å²) in [5, 5.41) is 9.61. The van der Waals surface area contributed by atoms with Gasteiger partial charge in [0.2, 0.25) is 0 Å². The van der Waals surface area contributed by atoms with Gasteiger partial charge >= 0.3 is 0 Å². The van der Waals surface area contributed by atoms with E-state index in [0.717, 1.165) is 51.6 Å². The third-order valence-corrected chi connectivity index (χ3v) is 5.78. The first-order valence-electron chi connectivity index (χ1n) is 9.19. The predicted molar refractivity (Wildman–Crippen MR) is 87.7 cm³/mol. The van der Waals surface area contributed by atoms with E-state index in [1.165, 1.54) is 19.3 Å². The zero-order valence-corrected chi connectivity index (χ0v) is 14.4. The molecule has 1 atom stereocenters. The lowest BCUT2D eigenvalue weighted by molar-refractivity contribution is -0.152. The van der Waals surface area contributed by atoms with Crippen LogP contribution in [0.25, 0.3) is 0 Å². The molecule has 1 N–H and O–H groups in total. The molecule has 0 spiro atoms. The highest BCUT2D eigenvalue weighted by atomic mass is 16.5. The summed E-state index contributed by atoms with van der Waals surface area (Å²) in [4.78, 5) is 14.7. The van der Waals surface area contributed by atoms with E-state index in [1.807, 2.05) is 11.8 Å². The zero-order valence-electron chi connectivity index (χ0n) is 14.4. The maximum absolute atomic E-state index is 12.7. The molecule has 22 heavy (non-hydrogen) atoms. The second-order valence-electron chi connectivity index (χ2n) is 7.13. The van der Waals surface area contributed by atoms with Gasteiger partial charge in [0.25, 0.3) is 5.91 Å². The Kier molecular flexibility index (Phi) is 6.69. The Morgan fingerprint density at radius 1 is 1.23 bits per heavy atom. The Morgan fingerprint density at radius 2 is 1.86 bits per heavy atom. The third kappa shape index (κ3) is 4.23. The van der Waals surface area contributed by atoms with E-state index in [-0.39, 0.29) is 30.1 Å². The van der Waals surface area contributed by atoms with Gasteiger partial charge in [-0.2, -0.15) is 0 Å². The topological polar surface area (TPSA) is 49.8 Å². The van der Waals surface area contributed by atoms with Crippen molar-refractivity contribution in [3.8, 4) is 0 Å². The summed E-state index contributed by atoms with van der Waals surface area (Å²) in [7, 11) is 0. The minimum atomic E-state index is -0.272. The number of piperidine rings is 1. The molecule has 2 rings (SSSR count). The van der Waals surface area contributed by atoms with Crippen molar-refractivity contribution in [3.63, 3.8) is 0 Å². The highest BCUT2D eigenvalue weighted by Crippen LogP contribution is 2.34. The SMILES string of the molecule is CCC(OC1CCCCC1)C(=O)N1CCC(CC)(CO)CC1. The summed E-state index contributed by atoms with van der Waals surface area (Å²) in [6.07, 6.45) is 9.54. The first kappa shape index (κ1) is 17.7. The maximum atomic E-state index is 12.7. The quantitative estimate of drug-likeness (QED) is 0.820. The molecule has 1 aliphatic heterocycles. The lowest BCUT2D eigenvalue weighted by atomic mass is 9.77. The molecule has 1 saturated carbocycles. The van der Waals surface area contributed by atoms with Crippen LogP contribution in [-0.2, 0) is 9.53 Å². The molecular formula is C18H33NO3. The number of rotatable bonds is 6. The highest BCUT2D eigenvalue weighted by Gasteiger charge is 2.36. The van der Waals surface area contributed by atoms with Gasteiger partial charge in [0, 0.05) is 19.7 Å². The molecule has 1 saturated heterocycles. The van der Waals surface area contributed by atoms with Crippen molar-refractivity contribution < 1.29 is 14.6 Å². The second kappa shape index (κ2) is 8.30. The predicted octanol–water partition coefficient (Wildman–Crippen LogP) is 3.13. The van der Waals surface area contributed by atoms with E-state index in [0.29, 0.717) is 0 Å². The molecule has 0 aromatic heterocycles. The van der Waals surface area contributed by atoms with E-state index >= 15 is 0 Å². The molecular weight excluding hydrogens is 278 g/mol. The first-order chi connectivity index (χ1) is 10.6. The zero-order chi connectivity index (χ0) is 16.0. The Labute approximate surface area is 135 Å². The number of nitrogens with zero attached hydrogens (tertiary/aromatic N) is 1. The van der Waals surface area contributed by atoms with Crippen LogP contribution < -0.4 is 0 Å². The van der Waals surface area contributed by atoms with Crippen LogP contribution in [0.2, 0.25) is 0 Å². The fraction of sp³-hybridized carbons (Fsp3) is 0.944. The van der Waals surface area contributed by atoms with Crippen molar-refractivity contribution >= 4 is 5.91 Å². The molecule has 2 fully saturated rings. The van der Waals surface area contributed by atoms with Crippen LogP contribution >= 0.6 is 0 Å². The smallest absolute Gasteiger partial charge is 0.251 e. The molecule has 0 aromatic carbocycles. The largest absolute Gasteiger partial charge is 0.396 e. The second-order valence-corrected chi connectivity index (χ2v) is 7.13. The van der Waals surface area contributed by atoms with Crippen molar-refractivity contribution in [1.29, 1.82) is 0 Å². The van der Waals surface area contributed by atoms with Crippen LogP contribution in [0.3, 0.4) is 0 Å². The van der Waals surface area contributed by atoms with Gasteiger partial charge in [0.05, 0.1) is 6.10 Å². The van der Waals surface area contributed by atoms with Crippen molar-refractivity contribution in [3.05, 3.63) is 0 Å². The van der Waals surface area contributed by atoms with Crippen LogP contribution in [0.15, 0.2) is 0 Å². The summed E-state index contributed by atoms with van der Waals surface area (Å²) < 4.78 is 6.12. The Morgan fingerprint density at radius 3 is 2.36 bits per heavy atom. The molecule has 0 radical (unpaired) electrons. The molecule has 0 bridgehead atoms. The lowest BCUT2D eigenvalue weighted by Gasteiger charge is -2.41. The minimum absolute atomic E-state index is 0.0305. The molecule has 4 heteroatoms. The van der Waals surface area contributed by atoms with Gasteiger partial charge in [0.15, 0.2) is 0 Å². The number of hydrogen-bond donors (Lipinski definition) is 1. The fourth-order valence-corrected chi connectivity index (χ4v) is 3.79. The standard InChI is InChI=1S/C18H33NO3/c1-3-16(22-15-8-6-5-7-9-15)17(21)19-12-10-18(4-2,14-20)11-13-19/h15-16,20H,3-14H2,1-2H3. The molecule has 4 nitrogen and oxygen atoms in total. The molecule has 128 valence electrons. The molecule has 1 unspecified atom stereocenters. The number of carbonyl (C=O) groups excluding carboxylic acids is 1. The van der Waals surface area contributed by atoms with Gasteiger partial charge in [0.1, 0.15) is 6.10 Å². The number of ether oxygens (including phenoxy) is 1. The van der Waals surface area contributed by atoms with E-state index in [9.17, 15) is 9.90 Å². The number of aliphatic hydroxyl groups is 1. The number of likely N-dealkylation sites (tertiary alicyclic amines) is 1. The fourth-order valence-electron chi connectivity index (χ4n) is 3.79. The molecule has 0 aromatic rings.